The second-order valence-electron chi connectivity index (χ2n) is 3.50. The molecule has 0 aliphatic rings. The zero-order valence-electron chi connectivity index (χ0n) is 9.45. The lowest BCUT2D eigenvalue weighted by Crippen LogP contribution is -2.29. The van der Waals surface area contributed by atoms with Crippen molar-refractivity contribution in [2.75, 3.05) is 33.0 Å². The minimum Gasteiger partial charge on any atom is -0.388 e. The van der Waals surface area contributed by atoms with Crippen molar-refractivity contribution in [2.45, 2.75) is 32.9 Å². The van der Waals surface area contributed by atoms with Crippen LogP contribution in [-0.2, 0) is 9.47 Å². The van der Waals surface area contributed by atoms with E-state index >= 15 is 0 Å². The Morgan fingerprint density at radius 1 is 1.21 bits per heavy atom. The summed E-state index contributed by atoms with van der Waals surface area (Å²) < 4.78 is 10.3. The van der Waals surface area contributed by atoms with Crippen LogP contribution in [0.3, 0.4) is 0 Å². The minimum atomic E-state index is -0.506. The van der Waals surface area contributed by atoms with Crippen molar-refractivity contribution in [1.82, 2.24) is 5.32 Å². The average molecular weight is 205 g/mol. The number of nitrogens with one attached hydrogen (secondary N) is 1. The zero-order chi connectivity index (χ0) is 10.8. The van der Waals surface area contributed by atoms with Gasteiger partial charge in [-0.05, 0) is 6.92 Å². The molecule has 4 nitrogen and oxygen atoms in total. The van der Waals surface area contributed by atoms with Crippen LogP contribution in [0.4, 0.5) is 0 Å². The first-order chi connectivity index (χ1) is 6.66. The summed E-state index contributed by atoms with van der Waals surface area (Å²) in [5.74, 6) is 0. The molecule has 0 aliphatic heterocycles. The molecule has 0 aromatic heterocycles. The SMILES string of the molecule is CCOCC(O)COCCNC(C)C. The molecule has 0 bridgehead atoms. The summed E-state index contributed by atoms with van der Waals surface area (Å²) >= 11 is 0. The second-order valence-corrected chi connectivity index (χ2v) is 3.50. The summed E-state index contributed by atoms with van der Waals surface area (Å²) in [4.78, 5) is 0. The van der Waals surface area contributed by atoms with Gasteiger partial charge in [0.1, 0.15) is 6.10 Å². The van der Waals surface area contributed by atoms with Crippen molar-refractivity contribution in [3.63, 3.8) is 0 Å². The molecule has 1 atom stereocenters. The quantitative estimate of drug-likeness (QED) is 0.535. The number of rotatable bonds is 9. The smallest absolute Gasteiger partial charge is 0.101 e. The van der Waals surface area contributed by atoms with E-state index in [1.807, 2.05) is 6.92 Å². The van der Waals surface area contributed by atoms with Crippen LogP contribution < -0.4 is 5.32 Å². The topological polar surface area (TPSA) is 50.7 Å². The van der Waals surface area contributed by atoms with E-state index in [0.29, 0.717) is 32.5 Å². The molecule has 86 valence electrons. The second kappa shape index (κ2) is 9.40. The van der Waals surface area contributed by atoms with E-state index in [4.69, 9.17) is 9.47 Å². The Morgan fingerprint density at radius 2 is 1.86 bits per heavy atom. The molecule has 0 saturated carbocycles. The molecule has 1 unspecified atom stereocenters. The Kier molecular flexibility index (Phi) is 9.29. The fourth-order valence-corrected chi connectivity index (χ4v) is 0.941. The molecule has 0 aromatic carbocycles. The van der Waals surface area contributed by atoms with Crippen molar-refractivity contribution in [2.24, 2.45) is 0 Å². The molecule has 2 N–H and O–H groups in total. The van der Waals surface area contributed by atoms with Crippen molar-refractivity contribution in [3.8, 4) is 0 Å². The molecule has 0 heterocycles. The van der Waals surface area contributed by atoms with E-state index < -0.39 is 6.10 Å². The third-order valence-electron chi connectivity index (χ3n) is 1.62. The summed E-state index contributed by atoms with van der Waals surface area (Å²) in [5.41, 5.74) is 0. The van der Waals surface area contributed by atoms with Gasteiger partial charge in [0.05, 0.1) is 19.8 Å². The van der Waals surface area contributed by atoms with Crippen LogP contribution in [0.2, 0.25) is 0 Å². The van der Waals surface area contributed by atoms with Crippen LogP contribution in [0.1, 0.15) is 20.8 Å². The van der Waals surface area contributed by atoms with Gasteiger partial charge in [0, 0.05) is 19.2 Å². The molecule has 0 spiro atoms. The van der Waals surface area contributed by atoms with E-state index in [1.165, 1.54) is 0 Å². The fourth-order valence-electron chi connectivity index (χ4n) is 0.941. The number of hydrogen-bond donors (Lipinski definition) is 2. The molecule has 0 amide bonds. The van der Waals surface area contributed by atoms with E-state index in [9.17, 15) is 5.11 Å². The lowest BCUT2D eigenvalue weighted by molar-refractivity contribution is -0.0154. The van der Waals surface area contributed by atoms with Gasteiger partial charge in [0.25, 0.3) is 0 Å². The molecular weight excluding hydrogens is 182 g/mol. The lowest BCUT2D eigenvalue weighted by Gasteiger charge is -2.12. The van der Waals surface area contributed by atoms with Gasteiger partial charge in [0.15, 0.2) is 0 Å². The molecule has 0 aromatic rings. The van der Waals surface area contributed by atoms with Crippen LogP contribution in [-0.4, -0.2) is 50.2 Å². The highest BCUT2D eigenvalue weighted by molar-refractivity contribution is 4.53. The average Bonchev–Trinajstić information content (AvgIpc) is 2.13. The first kappa shape index (κ1) is 13.8. The highest BCUT2D eigenvalue weighted by Crippen LogP contribution is 1.87. The molecule has 0 aliphatic carbocycles. The molecule has 0 radical (unpaired) electrons. The molecule has 0 fully saturated rings. The first-order valence-corrected chi connectivity index (χ1v) is 5.23. The van der Waals surface area contributed by atoms with Gasteiger partial charge in [-0.1, -0.05) is 13.8 Å². The maximum absolute atomic E-state index is 9.32. The number of aliphatic hydroxyl groups is 1. The van der Waals surface area contributed by atoms with Crippen molar-refractivity contribution < 1.29 is 14.6 Å². The van der Waals surface area contributed by atoms with Crippen LogP contribution in [0.5, 0.6) is 0 Å². The summed E-state index contributed by atoms with van der Waals surface area (Å²) in [6, 6.07) is 0.479. The van der Waals surface area contributed by atoms with E-state index in [1.54, 1.807) is 0 Å². The van der Waals surface area contributed by atoms with Gasteiger partial charge in [0.2, 0.25) is 0 Å². The largest absolute Gasteiger partial charge is 0.388 e. The number of aliphatic hydroxyl groups excluding tert-OH is 1. The fraction of sp³-hybridized carbons (Fsp3) is 1.00. The normalized spacial score (nSPS) is 13.5. The highest BCUT2D eigenvalue weighted by Gasteiger charge is 2.03. The first-order valence-electron chi connectivity index (χ1n) is 5.23. The Morgan fingerprint density at radius 3 is 2.43 bits per heavy atom. The predicted molar refractivity (Wildman–Crippen MR) is 56.5 cm³/mol. The molecule has 14 heavy (non-hydrogen) atoms. The molecule has 0 saturated heterocycles. The summed E-state index contributed by atoms with van der Waals surface area (Å²) in [7, 11) is 0. The van der Waals surface area contributed by atoms with E-state index in [0.717, 1.165) is 6.54 Å². The van der Waals surface area contributed by atoms with Crippen LogP contribution >= 0.6 is 0 Å². The molecule has 4 heteroatoms. The predicted octanol–water partition coefficient (Wildman–Crippen LogP) is 0.398. The third kappa shape index (κ3) is 9.92. The van der Waals surface area contributed by atoms with Crippen molar-refractivity contribution >= 4 is 0 Å². The molecular formula is C10H23NO3. The summed E-state index contributed by atoms with van der Waals surface area (Å²) in [5, 5.41) is 12.5. The summed E-state index contributed by atoms with van der Waals surface area (Å²) in [6.07, 6.45) is -0.506. The number of ether oxygens (including phenoxy) is 2. The lowest BCUT2D eigenvalue weighted by atomic mass is 10.4. The monoisotopic (exact) mass is 205 g/mol. The van der Waals surface area contributed by atoms with Gasteiger partial charge in [-0.25, -0.2) is 0 Å². The van der Waals surface area contributed by atoms with Crippen LogP contribution in [0.15, 0.2) is 0 Å². The van der Waals surface area contributed by atoms with Gasteiger partial charge < -0.3 is 19.9 Å². The van der Waals surface area contributed by atoms with Gasteiger partial charge in [-0.15, -0.1) is 0 Å². The standard InChI is InChI=1S/C10H23NO3/c1-4-13-7-10(12)8-14-6-5-11-9(2)3/h9-12H,4-8H2,1-3H3. The molecule has 0 rings (SSSR count). The van der Waals surface area contributed by atoms with Crippen molar-refractivity contribution in [3.05, 3.63) is 0 Å². The number of hydrogen-bond acceptors (Lipinski definition) is 4. The van der Waals surface area contributed by atoms with Crippen LogP contribution in [0, 0.1) is 0 Å². The Bertz CT molecular complexity index is 120. The van der Waals surface area contributed by atoms with E-state index in [2.05, 4.69) is 19.2 Å². The zero-order valence-corrected chi connectivity index (χ0v) is 9.45. The van der Waals surface area contributed by atoms with Gasteiger partial charge >= 0.3 is 0 Å². The third-order valence-corrected chi connectivity index (χ3v) is 1.62. The maximum atomic E-state index is 9.32. The Balaban J connectivity index is 3.10. The highest BCUT2D eigenvalue weighted by atomic mass is 16.5. The maximum Gasteiger partial charge on any atom is 0.101 e. The Hall–Kier alpha value is -0.160. The van der Waals surface area contributed by atoms with Crippen LogP contribution in [0.25, 0.3) is 0 Å². The van der Waals surface area contributed by atoms with Gasteiger partial charge in [-0.3, -0.25) is 0 Å². The van der Waals surface area contributed by atoms with Gasteiger partial charge in [-0.2, -0.15) is 0 Å². The van der Waals surface area contributed by atoms with Crippen molar-refractivity contribution in [1.29, 1.82) is 0 Å². The van der Waals surface area contributed by atoms with E-state index in [-0.39, 0.29) is 0 Å². The minimum absolute atomic E-state index is 0.347. The summed E-state index contributed by atoms with van der Waals surface area (Å²) in [6.45, 7) is 8.86. The Labute approximate surface area is 86.6 Å².